The van der Waals surface area contributed by atoms with Crippen LogP contribution in [0.1, 0.15) is 5.56 Å². The van der Waals surface area contributed by atoms with Gasteiger partial charge in [-0.15, -0.1) is 0 Å². The number of nitro groups is 1. The molecule has 0 aromatic heterocycles. The van der Waals surface area contributed by atoms with Gasteiger partial charge in [-0.3, -0.25) is 10.1 Å². The molecule has 102 valence electrons. The lowest BCUT2D eigenvalue weighted by molar-refractivity contribution is -0.385. The number of sulfone groups is 1. The molecule has 2 rings (SSSR count). The summed E-state index contributed by atoms with van der Waals surface area (Å²) in [6.45, 7) is 0. The average molecular weight is 289 g/mol. The smallest absolute Gasteiger partial charge is 0.258 e. The highest BCUT2D eigenvalue weighted by Gasteiger charge is 2.14. The number of nitro benzene ring substituents is 1. The highest BCUT2D eigenvalue weighted by Crippen LogP contribution is 2.19. The number of rotatable bonds is 4. The van der Waals surface area contributed by atoms with Crippen molar-refractivity contribution in [1.29, 1.82) is 0 Å². The fourth-order valence-electron chi connectivity index (χ4n) is 1.58. The fourth-order valence-corrected chi connectivity index (χ4v) is 2.63. The molecule has 0 radical (unpaired) electrons. The van der Waals surface area contributed by atoms with Crippen LogP contribution in [0, 0.1) is 10.1 Å². The quantitative estimate of drug-likeness (QED) is 0.640. The van der Waals surface area contributed by atoms with Gasteiger partial charge in [0.25, 0.3) is 5.69 Å². The van der Waals surface area contributed by atoms with Gasteiger partial charge in [0.2, 0.25) is 0 Å². The Hall–Kier alpha value is -2.47. The second-order valence-electron chi connectivity index (χ2n) is 4.01. The van der Waals surface area contributed by atoms with Crippen LogP contribution >= 0.6 is 0 Å². The van der Waals surface area contributed by atoms with E-state index >= 15 is 0 Å². The van der Waals surface area contributed by atoms with Crippen molar-refractivity contribution in [2.45, 2.75) is 4.90 Å². The van der Waals surface area contributed by atoms with Crippen molar-refractivity contribution in [3.05, 3.63) is 75.7 Å². The van der Waals surface area contributed by atoms with E-state index < -0.39 is 14.8 Å². The summed E-state index contributed by atoms with van der Waals surface area (Å²) in [6.07, 6.45) is 1.45. The molecule has 20 heavy (non-hydrogen) atoms. The van der Waals surface area contributed by atoms with Crippen LogP contribution in [0.15, 0.2) is 64.9 Å². The Balaban J connectivity index is 2.34. The van der Waals surface area contributed by atoms with Crippen molar-refractivity contribution in [3.63, 3.8) is 0 Å². The van der Waals surface area contributed by atoms with E-state index in [1.807, 2.05) is 6.07 Å². The molecule has 0 saturated heterocycles. The van der Waals surface area contributed by atoms with Crippen LogP contribution in [-0.4, -0.2) is 13.3 Å². The van der Waals surface area contributed by atoms with Gasteiger partial charge in [0.15, 0.2) is 9.84 Å². The first-order valence-corrected chi connectivity index (χ1v) is 7.26. The SMILES string of the molecule is O=[N+]([O-])c1cccc(S(=O)(=O)/C=C\c2ccccc2)c1. The van der Waals surface area contributed by atoms with Crippen molar-refractivity contribution in [2.24, 2.45) is 0 Å². The Kier molecular flexibility index (Phi) is 3.95. The van der Waals surface area contributed by atoms with Crippen LogP contribution in [0.25, 0.3) is 6.08 Å². The maximum absolute atomic E-state index is 12.1. The summed E-state index contributed by atoms with van der Waals surface area (Å²) in [5, 5.41) is 11.7. The van der Waals surface area contributed by atoms with Gasteiger partial charge in [0, 0.05) is 17.5 Å². The van der Waals surface area contributed by atoms with Gasteiger partial charge in [-0.25, -0.2) is 8.42 Å². The van der Waals surface area contributed by atoms with E-state index in [1.165, 1.54) is 24.3 Å². The van der Waals surface area contributed by atoms with Gasteiger partial charge in [0.05, 0.1) is 9.82 Å². The first-order valence-electron chi connectivity index (χ1n) is 5.72. The molecule has 6 heteroatoms. The summed E-state index contributed by atoms with van der Waals surface area (Å²) >= 11 is 0. The molecule has 0 amide bonds. The zero-order valence-corrected chi connectivity index (χ0v) is 11.2. The molecule has 2 aromatic rings. The first kappa shape index (κ1) is 14.0. The highest BCUT2D eigenvalue weighted by atomic mass is 32.2. The van der Waals surface area contributed by atoms with Gasteiger partial charge in [-0.05, 0) is 17.7 Å². The molecule has 0 bridgehead atoms. The Labute approximate surface area is 116 Å². The van der Waals surface area contributed by atoms with Crippen LogP contribution in [0.2, 0.25) is 0 Å². The lowest BCUT2D eigenvalue weighted by atomic mass is 10.2. The van der Waals surface area contributed by atoms with E-state index in [0.717, 1.165) is 17.0 Å². The van der Waals surface area contributed by atoms with E-state index in [-0.39, 0.29) is 10.6 Å². The van der Waals surface area contributed by atoms with E-state index in [9.17, 15) is 18.5 Å². The van der Waals surface area contributed by atoms with E-state index in [2.05, 4.69) is 0 Å². The summed E-state index contributed by atoms with van der Waals surface area (Å²) in [5.74, 6) is 0. The Morgan fingerprint density at radius 1 is 1.00 bits per heavy atom. The zero-order chi connectivity index (χ0) is 14.6. The molecule has 0 saturated carbocycles. The van der Waals surface area contributed by atoms with E-state index in [4.69, 9.17) is 0 Å². The topological polar surface area (TPSA) is 77.3 Å². The maximum Gasteiger partial charge on any atom is 0.270 e. The predicted octanol–water partition coefficient (Wildman–Crippen LogP) is 3.04. The van der Waals surface area contributed by atoms with Crippen molar-refractivity contribution in [1.82, 2.24) is 0 Å². The minimum absolute atomic E-state index is 0.0983. The van der Waals surface area contributed by atoms with Gasteiger partial charge in [-0.1, -0.05) is 36.4 Å². The van der Waals surface area contributed by atoms with Gasteiger partial charge < -0.3 is 0 Å². The summed E-state index contributed by atoms with van der Waals surface area (Å²) < 4.78 is 24.1. The van der Waals surface area contributed by atoms with Crippen LogP contribution in [0.3, 0.4) is 0 Å². The van der Waals surface area contributed by atoms with Gasteiger partial charge in [-0.2, -0.15) is 0 Å². The largest absolute Gasteiger partial charge is 0.270 e. The van der Waals surface area contributed by atoms with Crippen molar-refractivity contribution in [3.8, 4) is 0 Å². The zero-order valence-electron chi connectivity index (χ0n) is 10.3. The fraction of sp³-hybridized carbons (Fsp3) is 0. The minimum atomic E-state index is -3.70. The number of nitrogens with zero attached hydrogens (tertiary/aromatic N) is 1. The van der Waals surface area contributed by atoms with Crippen LogP contribution in [0.5, 0.6) is 0 Å². The molecule has 0 fully saturated rings. The second kappa shape index (κ2) is 5.66. The van der Waals surface area contributed by atoms with Crippen molar-refractivity contribution < 1.29 is 13.3 Å². The van der Waals surface area contributed by atoms with E-state index in [1.54, 1.807) is 24.3 Å². The number of hydrogen-bond donors (Lipinski definition) is 0. The normalized spacial score (nSPS) is 11.6. The standard InChI is InChI=1S/C14H11NO4S/c16-15(17)13-7-4-8-14(11-13)20(18,19)10-9-12-5-2-1-3-6-12/h1-11H/b10-9-. The van der Waals surface area contributed by atoms with Crippen LogP contribution in [0.4, 0.5) is 5.69 Å². The molecule has 0 atom stereocenters. The molecule has 0 aliphatic heterocycles. The molecule has 0 heterocycles. The molecule has 5 nitrogen and oxygen atoms in total. The lowest BCUT2D eigenvalue weighted by Crippen LogP contribution is -1.97. The number of non-ortho nitro benzene ring substituents is 1. The van der Waals surface area contributed by atoms with Crippen molar-refractivity contribution in [2.75, 3.05) is 0 Å². The third kappa shape index (κ3) is 3.30. The molecular weight excluding hydrogens is 278 g/mol. The van der Waals surface area contributed by atoms with Crippen LogP contribution in [-0.2, 0) is 9.84 Å². The lowest BCUT2D eigenvalue weighted by Gasteiger charge is -1.99. The molecule has 0 aliphatic rings. The summed E-state index contributed by atoms with van der Waals surface area (Å²) in [4.78, 5) is 9.93. The van der Waals surface area contributed by atoms with Gasteiger partial charge >= 0.3 is 0 Å². The Morgan fingerprint density at radius 2 is 1.70 bits per heavy atom. The highest BCUT2D eigenvalue weighted by molar-refractivity contribution is 7.94. The van der Waals surface area contributed by atoms with Crippen molar-refractivity contribution >= 4 is 21.6 Å². The third-order valence-corrected chi connectivity index (χ3v) is 4.00. The Bertz CT molecular complexity index is 752. The molecule has 0 unspecified atom stereocenters. The average Bonchev–Trinajstić information content (AvgIpc) is 2.46. The monoisotopic (exact) mass is 289 g/mol. The minimum Gasteiger partial charge on any atom is -0.258 e. The summed E-state index contributed by atoms with van der Waals surface area (Å²) in [7, 11) is -3.70. The van der Waals surface area contributed by atoms with Gasteiger partial charge in [0.1, 0.15) is 0 Å². The molecule has 0 N–H and O–H groups in total. The molecule has 0 spiro atoms. The summed E-state index contributed by atoms with van der Waals surface area (Å²) in [5.41, 5.74) is 0.487. The molecule has 0 aliphatic carbocycles. The third-order valence-electron chi connectivity index (χ3n) is 2.60. The maximum atomic E-state index is 12.1. The molecular formula is C14H11NO4S. The first-order chi connectivity index (χ1) is 9.49. The number of hydrogen-bond acceptors (Lipinski definition) is 4. The van der Waals surface area contributed by atoms with E-state index in [0.29, 0.717) is 0 Å². The predicted molar refractivity (Wildman–Crippen MR) is 75.8 cm³/mol. The Morgan fingerprint density at radius 3 is 2.35 bits per heavy atom. The second-order valence-corrected chi connectivity index (χ2v) is 5.85. The van der Waals surface area contributed by atoms with Crippen LogP contribution < -0.4 is 0 Å². The summed E-state index contributed by atoms with van der Waals surface area (Å²) in [6, 6.07) is 13.9. The molecule has 2 aromatic carbocycles. The number of benzene rings is 2.